The van der Waals surface area contributed by atoms with Crippen molar-refractivity contribution < 1.29 is 29.2 Å². The molecular formula is C21H29NO6. The van der Waals surface area contributed by atoms with E-state index in [-0.39, 0.29) is 11.9 Å². The summed E-state index contributed by atoms with van der Waals surface area (Å²) in [5, 5.41) is 23.7. The van der Waals surface area contributed by atoms with E-state index in [4.69, 9.17) is 14.2 Å². The number of methoxy groups -OCH3 is 3. The molecule has 0 saturated carbocycles. The summed E-state index contributed by atoms with van der Waals surface area (Å²) in [6.45, 7) is 1.49. The summed E-state index contributed by atoms with van der Waals surface area (Å²) in [7, 11) is 4.75. The quantitative estimate of drug-likeness (QED) is 0.724. The molecule has 3 atom stereocenters. The topological polar surface area (TPSA) is 97.2 Å². The highest BCUT2D eigenvalue weighted by Gasteiger charge is 2.35. The first kappa shape index (κ1) is 20.5. The number of hydrogen-bond acceptors (Lipinski definition) is 6. The molecule has 2 aliphatic carbocycles. The number of carbonyl (C=O) groups excluding carboxylic acids is 1. The molecule has 1 amide bonds. The SMILES string of the molecule is COc1cc2c(c(OC)c1OC)C1=C(C[C@@H](O)[C@H](O)CC1)[C@@H](NC(C)=O)CC2. The third-order valence-electron chi connectivity index (χ3n) is 5.66. The number of aryl methyl sites for hydroxylation is 1. The minimum absolute atomic E-state index is 0.121. The zero-order chi connectivity index (χ0) is 20.4. The zero-order valence-corrected chi connectivity index (χ0v) is 16.9. The lowest BCUT2D eigenvalue weighted by Crippen LogP contribution is -2.36. The largest absolute Gasteiger partial charge is 0.493 e. The van der Waals surface area contributed by atoms with Crippen molar-refractivity contribution in [1.82, 2.24) is 5.32 Å². The fourth-order valence-corrected chi connectivity index (χ4v) is 4.38. The minimum atomic E-state index is -0.864. The molecule has 0 aliphatic heterocycles. The Labute approximate surface area is 165 Å². The predicted molar refractivity (Wildman–Crippen MR) is 105 cm³/mol. The number of carbonyl (C=O) groups is 1. The Bertz CT molecular complexity index is 788. The average Bonchev–Trinajstić information content (AvgIpc) is 2.90. The maximum Gasteiger partial charge on any atom is 0.217 e. The van der Waals surface area contributed by atoms with Gasteiger partial charge in [-0.05, 0) is 54.9 Å². The van der Waals surface area contributed by atoms with E-state index in [1.165, 1.54) is 6.92 Å². The number of amides is 1. The van der Waals surface area contributed by atoms with Gasteiger partial charge in [-0.25, -0.2) is 0 Å². The maximum atomic E-state index is 11.8. The van der Waals surface area contributed by atoms with Crippen LogP contribution >= 0.6 is 0 Å². The molecule has 3 rings (SSSR count). The highest BCUT2D eigenvalue weighted by molar-refractivity contribution is 5.82. The Morgan fingerprint density at radius 3 is 2.36 bits per heavy atom. The fraction of sp³-hybridized carbons (Fsp3) is 0.571. The molecule has 1 aromatic carbocycles. The summed E-state index contributed by atoms with van der Waals surface area (Å²) < 4.78 is 16.8. The number of rotatable bonds is 4. The van der Waals surface area contributed by atoms with E-state index in [1.54, 1.807) is 21.3 Å². The number of hydrogen-bond donors (Lipinski definition) is 3. The summed E-state index contributed by atoms with van der Waals surface area (Å²) in [6, 6.07) is 1.75. The molecule has 7 heteroatoms. The maximum absolute atomic E-state index is 11.8. The van der Waals surface area contributed by atoms with Crippen LogP contribution in [0, 0.1) is 0 Å². The van der Waals surface area contributed by atoms with Gasteiger partial charge in [0.05, 0.1) is 39.6 Å². The summed E-state index contributed by atoms with van der Waals surface area (Å²) in [4.78, 5) is 11.8. The van der Waals surface area contributed by atoms with E-state index in [9.17, 15) is 15.0 Å². The molecule has 0 heterocycles. The van der Waals surface area contributed by atoms with E-state index < -0.39 is 12.2 Å². The second-order valence-corrected chi connectivity index (χ2v) is 7.35. The summed E-state index contributed by atoms with van der Waals surface area (Å²) >= 11 is 0. The Hall–Kier alpha value is -2.25. The molecule has 2 aliphatic rings. The van der Waals surface area contributed by atoms with Crippen LogP contribution in [0.3, 0.4) is 0 Å². The van der Waals surface area contributed by atoms with Crippen molar-refractivity contribution in [2.45, 2.75) is 57.3 Å². The van der Waals surface area contributed by atoms with Gasteiger partial charge in [0.1, 0.15) is 0 Å². The van der Waals surface area contributed by atoms with Crippen LogP contribution < -0.4 is 19.5 Å². The third kappa shape index (κ3) is 3.69. The van der Waals surface area contributed by atoms with Crippen LogP contribution in [0.1, 0.15) is 43.7 Å². The van der Waals surface area contributed by atoms with Gasteiger partial charge in [0.2, 0.25) is 11.7 Å². The normalized spacial score (nSPS) is 24.4. The van der Waals surface area contributed by atoms with Gasteiger partial charge < -0.3 is 29.7 Å². The lowest BCUT2D eigenvalue weighted by molar-refractivity contribution is -0.119. The first-order valence-electron chi connectivity index (χ1n) is 9.58. The van der Waals surface area contributed by atoms with Crippen LogP contribution in [0.25, 0.3) is 5.57 Å². The average molecular weight is 391 g/mol. The van der Waals surface area contributed by atoms with E-state index in [1.807, 2.05) is 6.07 Å². The summed E-state index contributed by atoms with van der Waals surface area (Å²) in [5.74, 6) is 1.56. The number of ether oxygens (including phenoxy) is 3. The first-order chi connectivity index (χ1) is 13.4. The Balaban J connectivity index is 2.26. The number of fused-ring (bicyclic) bond motifs is 2. The molecule has 0 radical (unpaired) electrons. The number of allylic oxidation sites excluding steroid dienone is 1. The van der Waals surface area contributed by atoms with Crippen molar-refractivity contribution in [2.24, 2.45) is 0 Å². The molecule has 0 spiro atoms. The molecule has 28 heavy (non-hydrogen) atoms. The van der Waals surface area contributed by atoms with Gasteiger partial charge in [-0.3, -0.25) is 4.79 Å². The molecule has 7 nitrogen and oxygen atoms in total. The second kappa shape index (κ2) is 8.41. The lowest BCUT2D eigenvalue weighted by Gasteiger charge is -2.24. The smallest absolute Gasteiger partial charge is 0.217 e. The molecule has 0 saturated heterocycles. The molecular weight excluding hydrogens is 362 g/mol. The molecule has 0 unspecified atom stereocenters. The van der Waals surface area contributed by atoms with Crippen LogP contribution in [0.5, 0.6) is 17.2 Å². The van der Waals surface area contributed by atoms with E-state index in [0.717, 1.165) is 22.3 Å². The summed E-state index contributed by atoms with van der Waals surface area (Å²) in [6.07, 6.45) is 1.04. The van der Waals surface area contributed by atoms with Gasteiger partial charge in [-0.2, -0.15) is 0 Å². The van der Waals surface area contributed by atoms with Gasteiger partial charge in [0.25, 0.3) is 0 Å². The second-order valence-electron chi connectivity index (χ2n) is 7.35. The van der Waals surface area contributed by atoms with Crippen molar-refractivity contribution in [1.29, 1.82) is 0 Å². The molecule has 0 aromatic heterocycles. The minimum Gasteiger partial charge on any atom is -0.493 e. The third-order valence-corrected chi connectivity index (χ3v) is 5.66. The number of nitrogens with one attached hydrogen (secondary N) is 1. The van der Waals surface area contributed by atoms with Crippen molar-refractivity contribution in [3.05, 3.63) is 22.8 Å². The van der Waals surface area contributed by atoms with Crippen LogP contribution in [0.2, 0.25) is 0 Å². The highest BCUT2D eigenvalue weighted by atomic mass is 16.5. The van der Waals surface area contributed by atoms with Crippen molar-refractivity contribution in [2.75, 3.05) is 21.3 Å². The van der Waals surface area contributed by atoms with Crippen molar-refractivity contribution in [3.8, 4) is 17.2 Å². The van der Waals surface area contributed by atoms with E-state index in [2.05, 4.69) is 5.32 Å². The van der Waals surface area contributed by atoms with Gasteiger partial charge in [0.15, 0.2) is 11.5 Å². The Kier molecular flexibility index (Phi) is 6.15. The molecule has 0 bridgehead atoms. The summed E-state index contributed by atoms with van der Waals surface area (Å²) in [5.41, 5.74) is 3.91. The van der Waals surface area contributed by atoms with Crippen LogP contribution in [0.4, 0.5) is 0 Å². The Morgan fingerprint density at radius 2 is 1.75 bits per heavy atom. The Morgan fingerprint density at radius 1 is 1.04 bits per heavy atom. The molecule has 3 N–H and O–H groups in total. The highest BCUT2D eigenvalue weighted by Crippen LogP contribution is 2.49. The monoisotopic (exact) mass is 391 g/mol. The van der Waals surface area contributed by atoms with Crippen LogP contribution in [-0.2, 0) is 11.2 Å². The van der Waals surface area contributed by atoms with Crippen LogP contribution in [0.15, 0.2) is 11.6 Å². The number of aliphatic hydroxyl groups is 2. The van der Waals surface area contributed by atoms with Gasteiger partial charge >= 0.3 is 0 Å². The van der Waals surface area contributed by atoms with Crippen molar-refractivity contribution in [3.63, 3.8) is 0 Å². The van der Waals surface area contributed by atoms with Crippen LogP contribution in [-0.4, -0.2) is 55.7 Å². The molecule has 154 valence electrons. The van der Waals surface area contributed by atoms with Gasteiger partial charge in [0, 0.05) is 12.5 Å². The lowest BCUT2D eigenvalue weighted by atomic mass is 9.90. The van der Waals surface area contributed by atoms with E-state index in [0.29, 0.717) is 49.4 Å². The molecule has 1 aromatic rings. The molecule has 0 fully saturated rings. The van der Waals surface area contributed by atoms with Crippen molar-refractivity contribution >= 4 is 11.5 Å². The standard InChI is InChI=1S/C21H29NO6/c1-11(23)22-15-7-5-12-9-18(26-2)20(27-3)21(28-4)19(12)13-6-8-16(24)17(25)10-14(13)15/h9,15-17,24-25H,5-8,10H2,1-4H3,(H,22,23)/t15-,16+,17+/m0/s1. The van der Waals surface area contributed by atoms with E-state index >= 15 is 0 Å². The van der Waals surface area contributed by atoms with Gasteiger partial charge in [-0.1, -0.05) is 0 Å². The van der Waals surface area contributed by atoms with Gasteiger partial charge in [-0.15, -0.1) is 0 Å². The number of benzene rings is 1. The zero-order valence-electron chi connectivity index (χ0n) is 16.9. The first-order valence-corrected chi connectivity index (χ1v) is 9.58. The number of aliphatic hydroxyl groups excluding tert-OH is 2. The fourth-order valence-electron chi connectivity index (χ4n) is 4.38. The predicted octanol–water partition coefficient (Wildman–Crippen LogP) is 1.82.